The summed E-state index contributed by atoms with van der Waals surface area (Å²) in [6.07, 6.45) is 7.79. The molecule has 2 aromatic rings. The second kappa shape index (κ2) is 16.4. The molecule has 4 nitrogen and oxygen atoms in total. The van der Waals surface area contributed by atoms with Gasteiger partial charge in [0.2, 0.25) is 0 Å². The average Bonchev–Trinajstić information content (AvgIpc) is 2.75. The molecule has 0 heterocycles. The molecule has 0 spiro atoms. The zero-order valence-electron chi connectivity index (χ0n) is 20.1. The Morgan fingerprint density at radius 2 is 1.62 bits per heavy atom. The lowest BCUT2D eigenvalue weighted by atomic mass is 10.2. The van der Waals surface area contributed by atoms with Crippen molar-refractivity contribution in [2.24, 2.45) is 0 Å². The van der Waals surface area contributed by atoms with Crippen LogP contribution in [0.4, 0.5) is 0 Å². The highest BCUT2D eigenvalue weighted by molar-refractivity contribution is 5.87. The van der Waals surface area contributed by atoms with Crippen molar-refractivity contribution < 1.29 is 19.4 Å². The van der Waals surface area contributed by atoms with Gasteiger partial charge in [0, 0.05) is 5.57 Å². The Bertz CT molecular complexity index is 813. The van der Waals surface area contributed by atoms with Crippen molar-refractivity contribution in [1.82, 2.24) is 0 Å². The molecule has 32 heavy (non-hydrogen) atoms. The molecule has 1 N–H and O–H groups in total. The largest absolute Gasteiger partial charge is 0.508 e. The van der Waals surface area contributed by atoms with Crippen LogP contribution in [-0.4, -0.2) is 23.3 Å². The topological polar surface area (TPSA) is 55.8 Å². The predicted octanol–water partition coefficient (Wildman–Crippen LogP) is 7.41. The Morgan fingerprint density at radius 1 is 1.03 bits per heavy atom. The lowest BCUT2D eigenvalue weighted by molar-refractivity contribution is -0.149. The van der Waals surface area contributed by atoms with Crippen molar-refractivity contribution in [1.29, 1.82) is 0 Å². The summed E-state index contributed by atoms with van der Waals surface area (Å²) in [4.78, 5) is 10.8. The Morgan fingerprint density at radius 3 is 2.06 bits per heavy atom. The van der Waals surface area contributed by atoms with Gasteiger partial charge in [-0.3, -0.25) is 0 Å². The molecule has 0 saturated carbocycles. The van der Waals surface area contributed by atoms with E-state index in [4.69, 9.17) is 14.6 Å². The molecule has 2 aromatic carbocycles. The van der Waals surface area contributed by atoms with Gasteiger partial charge >= 0.3 is 5.97 Å². The summed E-state index contributed by atoms with van der Waals surface area (Å²) in [5.74, 6) is -0.0342. The summed E-state index contributed by atoms with van der Waals surface area (Å²) in [6.45, 7) is 17.1. The molecule has 0 atom stereocenters. The maximum Gasteiger partial charge on any atom is 0.333 e. The van der Waals surface area contributed by atoms with Gasteiger partial charge in [-0.2, -0.15) is 0 Å². The number of unbranched alkanes of at least 4 members (excludes halogenated alkanes) is 1. The highest BCUT2D eigenvalue weighted by Crippen LogP contribution is 2.10. The van der Waals surface area contributed by atoms with Crippen LogP contribution in [0.25, 0.3) is 12.2 Å². The zero-order valence-corrected chi connectivity index (χ0v) is 20.1. The summed E-state index contributed by atoms with van der Waals surface area (Å²) in [5.41, 5.74) is 2.23. The molecular formula is C28H38O4. The standard InChI is InChI=1S/C12H16O.C8H14O2.C8H8O/c1-2-3-10-13-11-9-12-7-5-4-6-8-12;1-6(2)7(9)10-8(3,4)5;1-2-7-3-5-8(9)6-4-7/h4-9,11H,2-3,10H2,1H3;1H2,2-5H3;2-6,9H,1H2. The lowest BCUT2D eigenvalue weighted by Gasteiger charge is -2.19. The van der Waals surface area contributed by atoms with Crippen LogP contribution < -0.4 is 0 Å². The number of ether oxygens (including phenoxy) is 2. The minimum atomic E-state index is -0.407. The van der Waals surface area contributed by atoms with Crippen LogP contribution in [0.15, 0.2) is 79.6 Å². The van der Waals surface area contributed by atoms with E-state index in [1.165, 1.54) is 12.0 Å². The fraction of sp³-hybridized carbons (Fsp3) is 0.321. The maximum absolute atomic E-state index is 10.8. The molecular weight excluding hydrogens is 400 g/mol. The van der Waals surface area contributed by atoms with Gasteiger partial charge < -0.3 is 14.6 Å². The highest BCUT2D eigenvalue weighted by Gasteiger charge is 2.15. The van der Waals surface area contributed by atoms with E-state index in [0.717, 1.165) is 18.6 Å². The first-order chi connectivity index (χ1) is 15.1. The Balaban J connectivity index is 0.000000460. The van der Waals surface area contributed by atoms with Crippen molar-refractivity contribution in [3.63, 3.8) is 0 Å². The number of benzene rings is 2. The van der Waals surface area contributed by atoms with Gasteiger partial charge in [-0.25, -0.2) is 4.79 Å². The highest BCUT2D eigenvalue weighted by atomic mass is 16.6. The Labute approximate surface area is 193 Å². The SMILES string of the molecule is C=C(C)C(=O)OC(C)(C)C.C=Cc1ccc(O)cc1.CCCCOC=Cc1ccccc1. The monoisotopic (exact) mass is 438 g/mol. The van der Waals surface area contributed by atoms with E-state index in [-0.39, 0.29) is 5.97 Å². The molecule has 0 aliphatic heterocycles. The Kier molecular flexibility index (Phi) is 14.7. The molecule has 174 valence electrons. The first kappa shape index (κ1) is 28.7. The molecule has 0 aliphatic rings. The van der Waals surface area contributed by atoms with E-state index in [1.54, 1.807) is 31.4 Å². The normalized spacial score (nSPS) is 10.2. The van der Waals surface area contributed by atoms with E-state index in [1.807, 2.05) is 57.2 Å². The number of aromatic hydroxyl groups is 1. The molecule has 4 heteroatoms. The summed E-state index contributed by atoms with van der Waals surface area (Å²) in [7, 11) is 0. The lowest BCUT2D eigenvalue weighted by Crippen LogP contribution is -2.23. The first-order valence-electron chi connectivity index (χ1n) is 10.7. The van der Waals surface area contributed by atoms with Gasteiger partial charge in [-0.1, -0.05) is 75.0 Å². The van der Waals surface area contributed by atoms with E-state index in [9.17, 15) is 4.79 Å². The summed E-state index contributed by atoms with van der Waals surface area (Å²) in [6, 6.07) is 17.0. The van der Waals surface area contributed by atoms with Crippen LogP contribution in [0, 0.1) is 0 Å². The van der Waals surface area contributed by atoms with Gasteiger partial charge in [0.05, 0.1) is 12.9 Å². The summed E-state index contributed by atoms with van der Waals surface area (Å²) in [5, 5.41) is 8.82. The molecule has 0 bridgehead atoms. The Hall–Kier alpha value is -3.27. The molecule has 0 unspecified atom stereocenters. The molecule has 0 saturated heterocycles. The number of esters is 1. The minimum absolute atomic E-state index is 0.292. The van der Waals surface area contributed by atoms with Crippen molar-refractivity contribution in [2.75, 3.05) is 6.61 Å². The van der Waals surface area contributed by atoms with Gasteiger partial charge in [0.25, 0.3) is 0 Å². The van der Waals surface area contributed by atoms with Crippen molar-refractivity contribution in [3.05, 3.63) is 90.7 Å². The predicted molar refractivity (Wildman–Crippen MR) is 135 cm³/mol. The number of hydrogen-bond acceptors (Lipinski definition) is 4. The van der Waals surface area contributed by atoms with E-state index in [2.05, 4.69) is 32.2 Å². The second-order valence-corrected chi connectivity index (χ2v) is 8.02. The number of hydrogen-bond donors (Lipinski definition) is 1. The average molecular weight is 439 g/mol. The third-order valence-corrected chi connectivity index (χ3v) is 3.65. The van der Waals surface area contributed by atoms with Crippen molar-refractivity contribution in [3.8, 4) is 5.75 Å². The molecule has 0 amide bonds. The quantitative estimate of drug-likeness (QED) is 0.212. The van der Waals surface area contributed by atoms with Gasteiger partial charge in [-0.05, 0) is 63.5 Å². The van der Waals surface area contributed by atoms with E-state index < -0.39 is 5.60 Å². The van der Waals surface area contributed by atoms with Crippen LogP contribution in [0.5, 0.6) is 5.75 Å². The molecule has 0 aliphatic carbocycles. The number of carbonyl (C=O) groups is 1. The third kappa shape index (κ3) is 16.5. The smallest absolute Gasteiger partial charge is 0.333 e. The van der Waals surface area contributed by atoms with Crippen LogP contribution in [-0.2, 0) is 14.3 Å². The van der Waals surface area contributed by atoms with Crippen molar-refractivity contribution >= 4 is 18.1 Å². The molecule has 0 fully saturated rings. The third-order valence-electron chi connectivity index (χ3n) is 3.65. The van der Waals surface area contributed by atoms with Gasteiger partial charge in [-0.15, -0.1) is 0 Å². The fourth-order valence-corrected chi connectivity index (χ4v) is 1.96. The number of phenolic OH excluding ortho intramolecular Hbond substituents is 1. The molecule has 2 rings (SSSR count). The van der Waals surface area contributed by atoms with E-state index in [0.29, 0.717) is 11.3 Å². The summed E-state index contributed by atoms with van der Waals surface area (Å²) >= 11 is 0. The summed E-state index contributed by atoms with van der Waals surface area (Å²) < 4.78 is 10.3. The van der Waals surface area contributed by atoms with Gasteiger partial charge in [0.1, 0.15) is 11.4 Å². The fourth-order valence-electron chi connectivity index (χ4n) is 1.96. The number of phenols is 1. The van der Waals surface area contributed by atoms with Gasteiger partial charge in [0.15, 0.2) is 0 Å². The number of carbonyl (C=O) groups excluding carboxylic acids is 1. The van der Waals surface area contributed by atoms with Crippen LogP contribution in [0.2, 0.25) is 0 Å². The first-order valence-corrected chi connectivity index (χ1v) is 10.7. The van der Waals surface area contributed by atoms with Crippen molar-refractivity contribution in [2.45, 2.75) is 53.1 Å². The zero-order chi connectivity index (χ0) is 24.4. The van der Waals surface area contributed by atoms with Crippen LogP contribution >= 0.6 is 0 Å². The minimum Gasteiger partial charge on any atom is -0.508 e. The molecule has 0 radical (unpaired) electrons. The molecule has 0 aromatic heterocycles. The second-order valence-electron chi connectivity index (χ2n) is 8.02. The maximum atomic E-state index is 10.8. The van der Waals surface area contributed by atoms with Crippen LogP contribution in [0.1, 0.15) is 58.6 Å². The van der Waals surface area contributed by atoms with Crippen LogP contribution in [0.3, 0.4) is 0 Å². The van der Waals surface area contributed by atoms with E-state index >= 15 is 0 Å². The number of rotatable bonds is 7.